The van der Waals surface area contributed by atoms with Crippen molar-refractivity contribution in [2.75, 3.05) is 19.4 Å². The fourth-order valence-electron chi connectivity index (χ4n) is 2.60. The maximum atomic E-state index is 12.5. The summed E-state index contributed by atoms with van der Waals surface area (Å²) in [6.45, 7) is 6.44. The Morgan fingerprint density at radius 1 is 1.00 bits per heavy atom. The van der Waals surface area contributed by atoms with Gasteiger partial charge in [-0.05, 0) is 47.2 Å². The van der Waals surface area contributed by atoms with E-state index in [0.717, 1.165) is 11.3 Å². The number of hydrogen-bond acceptors (Lipinski definition) is 2. The van der Waals surface area contributed by atoms with Crippen molar-refractivity contribution in [3.8, 4) is 0 Å². The van der Waals surface area contributed by atoms with E-state index in [-0.39, 0.29) is 17.2 Å². The van der Waals surface area contributed by atoms with E-state index in [0.29, 0.717) is 18.4 Å². The normalized spacial score (nSPS) is 11.1. The van der Waals surface area contributed by atoms with Crippen LogP contribution in [0.25, 0.3) is 0 Å². The summed E-state index contributed by atoms with van der Waals surface area (Å²) in [5.41, 5.74) is 3.66. The third-order valence-corrected chi connectivity index (χ3v) is 4.32. The molecule has 0 spiro atoms. The molecule has 0 aliphatic heterocycles. The van der Waals surface area contributed by atoms with Crippen LogP contribution in [0.5, 0.6) is 0 Å². The zero-order valence-corrected chi connectivity index (χ0v) is 16.3. The first-order chi connectivity index (χ1) is 12.2. The molecule has 0 radical (unpaired) electrons. The van der Waals surface area contributed by atoms with Gasteiger partial charge in [-0.15, -0.1) is 0 Å². The zero-order valence-electron chi connectivity index (χ0n) is 16.3. The molecule has 0 fully saturated rings. The summed E-state index contributed by atoms with van der Waals surface area (Å²) in [6.07, 6.45) is 1.11. The van der Waals surface area contributed by atoms with E-state index < -0.39 is 0 Å². The van der Waals surface area contributed by atoms with Crippen LogP contribution in [0, 0.1) is 0 Å². The van der Waals surface area contributed by atoms with Crippen LogP contribution in [0.3, 0.4) is 0 Å². The Morgan fingerprint density at radius 2 is 1.65 bits per heavy atom. The van der Waals surface area contributed by atoms with Gasteiger partial charge >= 0.3 is 0 Å². The number of anilines is 1. The number of amides is 2. The molecule has 1 N–H and O–H groups in total. The van der Waals surface area contributed by atoms with Crippen LogP contribution in [-0.4, -0.2) is 30.8 Å². The Labute approximate surface area is 156 Å². The fourth-order valence-corrected chi connectivity index (χ4v) is 2.60. The second-order valence-electron chi connectivity index (χ2n) is 7.77. The number of rotatable bonds is 5. The molecule has 0 saturated carbocycles. The highest BCUT2D eigenvalue weighted by molar-refractivity contribution is 6.04. The van der Waals surface area contributed by atoms with Gasteiger partial charge < -0.3 is 10.2 Å². The van der Waals surface area contributed by atoms with Crippen molar-refractivity contribution < 1.29 is 9.59 Å². The van der Waals surface area contributed by atoms with E-state index in [2.05, 4.69) is 26.1 Å². The number of benzene rings is 2. The first-order valence-electron chi connectivity index (χ1n) is 8.88. The first-order valence-corrected chi connectivity index (χ1v) is 8.88. The highest BCUT2D eigenvalue weighted by atomic mass is 16.2. The van der Waals surface area contributed by atoms with Gasteiger partial charge in [0.05, 0.1) is 0 Å². The molecule has 0 aromatic heterocycles. The van der Waals surface area contributed by atoms with Crippen molar-refractivity contribution in [2.24, 2.45) is 0 Å². The van der Waals surface area contributed by atoms with Crippen LogP contribution in [0.1, 0.15) is 48.7 Å². The Morgan fingerprint density at radius 3 is 2.23 bits per heavy atom. The molecule has 4 heteroatoms. The average molecular weight is 352 g/mol. The largest absolute Gasteiger partial charge is 0.349 e. The van der Waals surface area contributed by atoms with Crippen molar-refractivity contribution in [3.63, 3.8) is 0 Å². The third kappa shape index (κ3) is 5.45. The Hall–Kier alpha value is -2.62. The van der Waals surface area contributed by atoms with Crippen molar-refractivity contribution in [1.82, 2.24) is 4.90 Å². The second kappa shape index (κ2) is 8.17. The Bertz CT molecular complexity index is 771. The second-order valence-corrected chi connectivity index (χ2v) is 7.77. The van der Waals surface area contributed by atoms with Crippen molar-refractivity contribution in [2.45, 2.75) is 39.0 Å². The lowest BCUT2D eigenvalue weighted by molar-refractivity contribution is -0.128. The standard InChI is InChI=1S/C22H28N2O2/c1-22(2,3)18-12-10-17(11-13-18)21(26)23-19-8-6-7-16(15-19)9-14-20(25)24(4)5/h6-8,10-13,15H,9,14H2,1-5H3,(H,23,26). The monoisotopic (exact) mass is 352 g/mol. The van der Waals surface area contributed by atoms with Crippen LogP contribution in [0.2, 0.25) is 0 Å². The van der Waals surface area contributed by atoms with Gasteiger partial charge in [0.2, 0.25) is 5.91 Å². The molecular weight excluding hydrogens is 324 g/mol. The van der Waals surface area contributed by atoms with Crippen molar-refractivity contribution >= 4 is 17.5 Å². The van der Waals surface area contributed by atoms with Gasteiger partial charge in [0, 0.05) is 31.8 Å². The molecule has 0 unspecified atom stereocenters. The quantitative estimate of drug-likeness (QED) is 0.874. The first kappa shape index (κ1) is 19.7. The SMILES string of the molecule is CN(C)C(=O)CCc1cccc(NC(=O)c2ccc(C(C)(C)C)cc2)c1. The predicted octanol–water partition coefficient (Wildman–Crippen LogP) is 4.26. The minimum atomic E-state index is -0.132. The van der Waals surface area contributed by atoms with Crippen molar-refractivity contribution in [1.29, 1.82) is 0 Å². The topological polar surface area (TPSA) is 49.4 Å². The van der Waals surface area contributed by atoms with E-state index in [1.54, 1.807) is 19.0 Å². The lowest BCUT2D eigenvalue weighted by Gasteiger charge is -2.19. The highest BCUT2D eigenvalue weighted by Crippen LogP contribution is 2.22. The fraction of sp³-hybridized carbons (Fsp3) is 0.364. The van der Waals surface area contributed by atoms with E-state index in [4.69, 9.17) is 0 Å². The Balaban J connectivity index is 2.03. The van der Waals surface area contributed by atoms with Crippen LogP contribution in [-0.2, 0) is 16.6 Å². The summed E-state index contributed by atoms with van der Waals surface area (Å²) in [7, 11) is 3.51. The van der Waals surface area contributed by atoms with Gasteiger partial charge in [0.25, 0.3) is 5.91 Å². The van der Waals surface area contributed by atoms with Gasteiger partial charge in [0.15, 0.2) is 0 Å². The van der Waals surface area contributed by atoms with Crippen LogP contribution in [0.4, 0.5) is 5.69 Å². The molecule has 0 heterocycles. The molecule has 0 bridgehead atoms. The van der Waals surface area contributed by atoms with E-state index in [1.807, 2.05) is 48.5 Å². The molecule has 2 rings (SSSR count). The lowest BCUT2D eigenvalue weighted by atomic mass is 9.87. The zero-order chi connectivity index (χ0) is 19.3. The van der Waals surface area contributed by atoms with Gasteiger partial charge in [0.1, 0.15) is 0 Å². The highest BCUT2D eigenvalue weighted by Gasteiger charge is 2.14. The lowest BCUT2D eigenvalue weighted by Crippen LogP contribution is -2.21. The van der Waals surface area contributed by atoms with Crippen LogP contribution in [0.15, 0.2) is 48.5 Å². The van der Waals surface area contributed by atoms with Gasteiger partial charge in [-0.2, -0.15) is 0 Å². The maximum absolute atomic E-state index is 12.5. The summed E-state index contributed by atoms with van der Waals surface area (Å²) >= 11 is 0. The molecule has 0 aliphatic carbocycles. The summed E-state index contributed by atoms with van der Waals surface area (Å²) in [5, 5.41) is 2.93. The molecule has 4 nitrogen and oxygen atoms in total. The molecule has 2 amide bonds. The van der Waals surface area contributed by atoms with E-state index in [9.17, 15) is 9.59 Å². The van der Waals surface area contributed by atoms with Gasteiger partial charge in [-0.1, -0.05) is 45.0 Å². The number of carbonyl (C=O) groups is 2. The van der Waals surface area contributed by atoms with Gasteiger partial charge in [-0.3, -0.25) is 9.59 Å². The number of hydrogen-bond donors (Lipinski definition) is 1. The molecule has 138 valence electrons. The molecule has 0 saturated heterocycles. The maximum Gasteiger partial charge on any atom is 0.255 e. The summed E-state index contributed by atoms with van der Waals surface area (Å²) in [5.74, 6) is -0.0367. The van der Waals surface area contributed by atoms with Crippen LogP contribution < -0.4 is 5.32 Å². The predicted molar refractivity (Wildman–Crippen MR) is 107 cm³/mol. The summed E-state index contributed by atoms with van der Waals surface area (Å²) < 4.78 is 0. The summed E-state index contributed by atoms with van der Waals surface area (Å²) in [4.78, 5) is 25.8. The molecule has 2 aromatic rings. The molecule has 0 atom stereocenters. The number of aryl methyl sites for hydroxylation is 1. The van der Waals surface area contributed by atoms with E-state index >= 15 is 0 Å². The molecule has 0 aliphatic rings. The van der Waals surface area contributed by atoms with Crippen molar-refractivity contribution in [3.05, 3.63) is 65.2 Å². The minimum Gasteiger partial charge on any atom is -0.349 e. The summed E-state index contributed by atoms with van der Waals surface area (Å²) in [6, 6.07) is 15.4. The minimum absolute atomic E-state index is 0.0628. The van der Waals surface area contributed by atoms with Gasteiger partial charge in [-0.25, -0.2) is 0 Å². The van der Waals surface area contributed by atoms with E-state index in [1.165, 1.54) is 5.56 Å². The Kier molecular flexibility index (Phi) is 6.19. The molecule has 26 heavy (non-hydrogen) atoms. The third-order valence-electron chi connectivity index (χ3n) is 4.32. The number of nitrogens with zero attached hydrogens (tertiary/aromatic N) is 1. The number of nitrogens with one attached hydrogen (secondary N) is 1. The average Bonchev–Trinajstić information content (AvgIpc) is 2.59. The molecule has 2 aromatic carbocycles. The smallest absolute Gasteiger partial charge is 0.255 e. The van der Waals surface area contributed by atoms with Crippen LogP contribution >= 0.6 is 0 Å². The molecular formula is C22H28N2O2. The number of carbonyl (C=O) groups excluding carboxylic acids is 2.